The van der Waals surface area contributed by atoms with Crippen molar-refractivity contribution >= 4 is 17.3 Å². The molecular formula is C15H16FNO2S. The smallest absolute Gasteiger partial charge is 0.335 e. The van der Waals surface area contributed by atoms with E-state index in [1.165, 1.54) is 10.9 Å². The van der Waals surface area contributed by atoms with Crippen molar-refractivity contribution in [1.82, 2.24) is 4.90 Å². The van der Waals surface area contributed by atoms with Crippen LogP contribution in [0.2, 0.25) is 0 Å². The molecule has 0 radical (unpaired) electrons. The molecule has 0 bridgehead atoms. The van der Waals surface area contributed by atoms with Crippen LogP contribution in [0.25, 0.3) is 0 Å². The average Bonchev–Trinajstić information content (AvgIpc) is 2.92. The maximum absolute atomic E-state index is 13.9. The Balaban J connectivity index is 2.09. The third-order valence-corrected chi connectivity index (χ3v) is 3.96. The second-order valence-electron chi connectivity index (χ2n) is 4.49. The Kier molecular flexibility index (Phi) is 4.87. The van der Waals surface area contributed by atoms with Crippen LogP contribution in [0.4, 0.5) is 4.39 Å². The largest absolute Gasteiger partial charge is 0.478 e. The molecule has 1 aromatic heterocycles. The summed E-state index contributed by atoms with van der Waals surface area (Å²) in [4.78, 5) is 14.1. The van der Waals surface area contributed by atoms with Gasteiger partial charge < -0.3 is 5.11 Å². The molecule has 0 unspecified atom stereocenters. The quantitative estimate of drug-likeness (QED) is 0.884. The molecule has 20 heavy (non-hydrogen) atoms. The minimum absolute atomic E-state index is 0.0208. The topological polar surface area (TPSA) is 40.5 Å². The monoisotopic (exact) mass is 293 g/mol. The number of benzene rings is 1. The first-order chi connectivity index (χ1) is 9.60. The van der Waals surface area contributed by atoms with E-state index >= 15 is 0 Å². The summed E-state index contributed by atoms with van der Waals surface area (Å²) in [5.74, 6) is -1.57. The lowest BCUT2D eigenvalue weighted by Gasteiger charge is -2.20. The molecule has 1 N–H and O–H groups in total. The van der Waals surface area contributed by atoms with E-state index in [-0.39, 0.29) is 5.56 Å². The fourth-order valence-corrected chi connectivity index (χ4v) is 2.70. The predicted octanol–water partition coefficient (Wildman–Crippen LogP) is 3.61. The van der Waals surface area contributed by atoms with E-state index in [1.54, 1.807) is 17.4 Å². The van der Waals surface area contributed by atoms with Gasteiger partial charge in [-0.15, -0.1) is 11.3 Å². The molecule has 2 aromatic rings. The number of carboxylic acids is 1. The van der Waals surface area contributed by atoms with Gasteiger partial charge in [0.15, 0.2) is 0 Å². The van der Waals surface area contributed by atoms with Crippen LogP contribution in [0.3, 0.4) is 0 Å². The van der Waals surface area contributed by atoms with Gasteiger partial charge in [-0.2, -0.15) is 0 Å². The van der Waals surface area contributed by atoms with Crippen molar-refractivity contribution in [2.24, 2.45) is 0 Å². The van der Waals surface area contributed by atoms with Crippen LogP contribution < -0.4 is 0 Å². The van der Waals surface area contributed by atoms with Gasteiger partial charge in [-0.3, -0.25) is 4.90 Å². The van der Waals surface area contributed by atoms with E-state index in [2.05, 4.69) is 11.0 Å². The zero-order valence-electron chi connectivity index (χ0n) is 11.2. The molecule has 0 amide bonds. The Morgan fingerprint density at radius 1 is 1.35 bits per heavy atom. The summed E-state index contributed by atoms with van der Waals surface area (Å²) in [6.07, 6.45) is 0. The number of thiophene rings is 1. The summed E-state index contributed by atoms with van der Waals surface area (Å²) >= 11 is 1.67. The van der Waals surface area contributed by atoms with Gasteiger partial charge in [-0.1, -0.05) is 19.1 Å². The Bertz CT molecular complexity index is 584. The zero-order chi connectivity index (χ0) is 14.5. The summed E-state index contributed by atoms with van der Waals surface area (Å²) in [5, 5.41) is 10.8. The molecule has 3 nitrogen and oxygen atoms in total. The lowest BCUT2D eigenvalue weighted by Crippen LogP contribution is -2.22. The standard InChI is InChI=1S/C15H16FNO2S/c1-2-17(10-13-4-3-7-20-13)9-12-6-5-11(15(18)19)8-14(12)16/h3-8H,2,9-10H2,1H3,(H,18,19). The molecule has 0 atom stereocenters. The molecule has 1 heterocycles. The van der Waals surface area contributed by atoms with E-state index < -0.39 is 11.8 Å². The van der Waals surface area contributed by atoms with Gasteiger partial charge in [-0.05, 0) is 30.1 Å². The van der Waals surface area contributed by atoms with E-state index in [9.17, 15) is 9.18 Å². The number of rotatable bonds is 6. The summed E-state index contributed by atoms with van der Waals surface area (Å²) in [6.45, 7) is 4.07. The van der Waals surface area contributed by atoms with Crippen LogP contribution in [-0.2, 0) is 13.1 Å². The molecule has 0 saturated carbocycles. The lowest BCUT2D eigenvalue weighted by atomic mass is 10.1. The minimum Gasteiger partial charge on any atom is -0.478 e. The highest BCUT2D eigenvalue weighted by molar-refractivity contribution is 7.09. The van der Waals surface area contributed by atoms with Crippen LogP contribution in [0, 0.1) is 5.82 Å². The third kappa shape index (κ3) is 3.65. The number of hydrogen-bond donors (Lipinski definition) is 1. The van der Waals surface area contributed by atoms with Gasteiger partial charge in [0.1, 0.15) is 5.82 Å². The van der Waals surface area contributed by atoms with Gasteiger partial charge in [0.05, 0.1) is 5.56 Å². The highest BCUT2D eigenvalue weighted by Crippen LogP contribution is 2.17. The number of halogens is 1. The van der Waals surface area contributed by atoms with Crippen molar-refractivity contribution < 1.29 is 14.3 Å². The molecule has 2 rings (SSSR count). The molecule has 0 saturated heterocycles. The SMILES string of the molecule is CCN(Cc1cccs1)Cc1ccc(C(=O)O)cc1F. The first-order valence-electron chi connectivity index (χ1n) is 6.36. The Morgan fingerprint density at radius 2 is 2.15 bits per heavy atom. The van der Waals surface area contributed by atoms with Crippen LogP contribution in [0.5, 0.6) is 0 Å². The molecule has 1 aromatic carbocycles. The average molecular weight is 293 g/mol. The predicted molar refractivity (Wildman–Crippen MR) is 77.5 cm³/mol. The lowest BCUT2D eigenvalue weighted by molar-refractivity contribution is 0.0696. The highest BCUT2D eigenvalue weighted by Gasteiger charge is 2.12. The third-order valence-electron chi connectivity index (χ3n) is 3.10. The Labute approximate surface area is 121 Å². The van der Waals surface area contributed by atoms with Crippen LogP contribution >= 0.6 is 11.3 Å². The summed E-state index contributed by atoms with van der Waals surface area (Å²) in [5.41, 5.74) is 0.501. The van der Waals surface area contributed by atoms with Crippen LogP contribution in [0.15, 0.2) is 35.7 Å². The van der Waals surface area contributed by atoms with Crippen molar-refractivity contribution in [3.05, 3.63) is 57.5 Å². The van der Waals surface area contributed by atoms with Crippen molar-refractivity contribution in [3.8, 4) is 0 Å². The fourth-order valence-electron chi connectivity index (χ4n) is 1.95. The van der Waals surface area contributed by atoms with E-state index in [0.29, 0.717) is 12.1 Å². The zero-order valence-corrected chi connectivity index (χ0v) is 12.0. The summed E-state index contributed by atoms with van der Waals surface area (Å²) in [6, 6.07) is 8.12. The van der Waals surface area contributed by atoms with E-state index in [4.69, 9.17) is 5.11 Å². The Morgan fingerprint density at radius 3 is 2.70 bits per heavy atom. The second-order valence-corrected chi connectivity index (χ2v) is 5.53. The number of carbonyl (C=O) groups is 1. The van der Waals surface area contributed by atoms with Gasteiger partial charge in [-0.25, -0.2) is 9.18 Å². The highest BCUT2D eigenvalue weighted by atomic mass is 32.1. The number of nitrogens with zero attached hydrogens (tertiary/aromatic N) is 1. The van der Waals surface area contributed by atoms with E-state index in [0.717, 1.165) is 19.2 Å². The van der Waals surface area contributed by atoms with Crippen molar-refractivity contribution in [3.63, 3.8) is 0 Å². The minimum atomic E-state index is -1.11. The summed E-state index contributed by atoms with van der Waals surface area (Å²) < 4.78 is 13.9. The van der Waals surface area contributed by atoms with Crippen molar-refractivity contribution in [2.75, 3.05) is 6.54 Å². The molecule has 0 aliphatic rings. The molecular weight excluding hydrogens is 277 g/mol. The maximum atomic E-state index is 13.9. The first kappa shape index (κ1) is 14.7. The maximum Gasteiger partial charge on any atom is 0.335 e. The second kappa shape index (κ2) is 6.63. The normalized spacial score (nSPS) is 10.9. The van der Waals surface area contributed by atoms with Crippen LogP contribution in [-0.4, -0.2) is 22.5 Å². The van der Waals surface area contributed by atoms with Gasteiger partial charge in [0.25, 0.3) is 0 Å². The number of hydrogen-bond acceptors (Lipinski definition) is 3. The van der Waals surface area contributed by atoms with Gasteiger partial charge >= 0.3 is 5.97 Å². The summed E-state index contributed by atoms with van der Waals surface area (Å²) in [7, 11) is 0. The van der Waals surface area contributed by atoms with Gasteiger partial charge in [0, 0.05) is 23.5 Å². The van der Waals surface area contributed by atoms with E-state index in [1.807, 2.05) is 18.4 Å². The van der Waals surface area contributed by atoms with Crippen molar-refractivity contribution in [1.29, 1.82) is 0 Å². The number of carboxylic acid groups (broad SMARTS) is 1. The molecule has 0 aliphatic heterocycles. The fraction of sp³-hybridized carbons (Fsp3) is 0.267. The first-order valence-corrected chi connectivity index (χ1v) is 7.24. The van der Waals surface area contributed by atoms with Crippen molar-refractivity contribution in [2.45, 2.75) is 20.0 Å². The molecule has 106 valence electrons. The Hall–Kier alpha value is -1.72. The molecule has 0 spiro atoms. The number of aromatic carboxylic acids is 1. The molecule has 0 aliphatic carbocycles. The molecule has 0 fully saturated rings. The van der Waals surface area contributed by atoms with Gasteiger partial charge in [0.2, 0.25) is 0 Å². The van der Waals surface area contributed by atoms with Crippen LogP contribution in [0.1, 0.15) is 27.7 Å². The molecule has 5 heteroatoms.